The molecule has 0 saturated carbocycles. The molecule has 3 nitrogen and oxygen atoms in total. The lowest BCUT2D eigenvalue weighted by Crippen LogP contribution is -2.42. The fraction of sp³-hybridized carbons (Fsp3) is 0.600. The van der Waals surface area contributed by atoms with Crippen LogP contribution in [0.15, 0.2) is 24.3 Å². The largest absolute Gasteiger partial charge is 0.382 e. The van der Waals surface area contributed by atoms with Crippen molar-refractivity contribution in [2.24, 2.45) is 0 Å². The van der Waals surface area contributed by atoms with Crippen LogP contribution < -0.4 is 10.6 Å². The number of rotatable bonds is 3. The van der Waals surface area contributed by atoms with E-state index in [0.29, 0.717) is 0 Å². The van der Waals surface area contributed by atoms with Crippen LogP contribution in [0.4, 0.5) is 5.69 Å². The lowest BCUT2D eigenvalue weighted by molar-refractivity contribution is 0.0372. The summed E-state index contributed by atoms with van der Waals surface area (Å²) in [7, 11) is 0. The molecule has 2 N–H and O–H groups in total. The van der Waals surface area contributed by atoms with Gasteiger partial charge in [-0.15, -0.1) is 0 Å². The van der Waals surface area contributed by atoms with Crippen LogP contribution in [0.3, 0.4) is 0 Å². The molecular formula is C15H24N2O. The maximum atomic E-state index is 5.65. The van der Waals surface area contributed by atoms with E-state index in [2.05, 4.69) is 55.7 Å². The van der Waals surface area contributed by atoms with Gasteiger partial charge in [-0.2, -0.15) is 0 Å². The molecule has 2 rings (SSSR count). The molecule has 100 valence electrons. The van der Waals surface area contributed by atoms with Crippen molar-refractivity contribution < 1.29 is 4.74 Å². The van der Waals surface area contributed by atoms with Crippen LogP contribution in [-0.2, 0) is 10.2 Å². The molecule has 0 spiro atoms. The molecule has 0 bridgehead atoms. The van der Waals surface area contributed by atoms with Gasteiger partial charge in [-0.3, -0.25) is 0 Å². The lowest BCUT2D eigenvalue weighted by atomic mass is 9.87. The average molecular weight is 248 g/mol. The monoisotopic (exact) mass is 248 g/mol. The fourth-order valence-electron chi connectivity index (χ4n) is 2.07. The maximum Gasteiger partial charge on any atom is 0.0872 e. The molecule has 1 heterocycles. The van der Waals surface area contributed by atoms with E-state index < -0.39 is 0 Å². The van der Waals surface area contributed by atoms with Gasteiger partial charge in [0.05, 0.1) is 12.7 Å². The van der Waals surface area contributed by atoms with Gasteiger partial charge in [-0.05, 0) is 23.1 Å². The molecule has 3 heteroatoms. The van der Waals surface area contributed by atoms with Crippen molar-refractivity contribution in [3.63, 3.8) is 0 Å². The van der Waals surface area contributed by atoms with Crippen molar-refractivity contribution >= 4 is 5.69 Å². The van der Waals surface area contributed by atoms with E-state index in [1.807, 2.05) is 0 Å². The Morgan fingerprint density at radius 1 is 1.28 bits per heavy atom. The third-order valence-electron chi connectivity index (χ3n) is 3.29. The van der Waals surface area contributed by atoms with E-state index in [1.54, 1.807) is 0 Å². The normalized spacial score (nSPS) is 20.7. The molecule has 1 atom stereocenters. The molecule has 1 aromatic rings. The standard InChI is InChI=1S/C15H24N2O/c1-15(2,3)12-4-6-13(7-5-12)17-11-14-10-16-8-9-18-14/h4-7,14,16-17H,8-11H2,1-3H3. The van der Waals surface area contributed by atoms with E-state index in [1.165, 1.54) is 5.56 Å². The molecule has 0 aliphatic carbocycles. The number of nitrogens with one attached hydrogen (secondary N) is 2. The molecule has 1 saturated heterocycles. The molecular weight excluding hydrogens is 224 g/mol. The molecule has 0 radical (unpaired) electrons. The first-order chi connectivity index (χ1) is 8.55. The predicted octanol–water partition coefficient (Wildman–Crippen LogP) is 2.38. The van der Waals surface area contributed by atoms with Gasteiger partial charge in [0.15, 0.2) is 0 Å². The lowest BCUT2D eigenvalue weighted by Gasteiger charge is -2.24. The first-order valence-corrected chi connectivity index (χ1v) is 6.72. The summed E-state index contributed by atoms with van der Waals surface area (Å²) in [5.41, 5.74) is 2.75. The molecule has 0 amide bonds. The summed E-state index contributed by atoms with van der Waals surface area (Å²) in [6.45, 7) is 10.3. The minimum atomic E-state index is 0.217. The third-order valence-corrected chi connectivity index (χ3v) is 3.29. The van der Waals surface area contributed by atoms with Crippen LogP contribution >= 0.6 is 0 Å². The van der Waals surface area contributed by atoms with Crippen LogP contribution in [0.25, 0.3) is 0 Å². The van der Waals surface area contributed by atoms with Crippen molar-refractivity contribution in [2.45, 2.75) is 32.3 Å². The Bertz CT molecular complexity index is 361. The van der Waals surface area contributed by atoms with E-state index in [9.17, 15) is 0 Å². The van der Waals surface area contributed by atoms with E-state index >= 15 is 0 Å². The Kier molecular flexibility index (Phi) is 4.25. The second-order valence-corrected chi connectivity index (χ2v) is 5.91. The van der Waals surface area contributed by atoms with Gasteiger partial charge < -0.3 is 15.4 Å². The average Bonchev–Trinajstić information content (AvgIpc) is 2.37. The van der Waals surface area contributed by atoms with Gasteiger partial charge in [0, 0.05) is 25.3 Å². The highest BCUT2D eigenvalue weighted by Crippen LogP contribution is 2.23. The van der Waals surface area contributed by atoms with E-state index in [4.69, 9.17) is 4.74 Å². The SMILES string of the molecule is CC(C)(C)c1ccc(NCC2CNCCO2)cc1. The number of hydrogen-bond acceptors (Lipinski definition) is 3. The first kappa shape index (κ1) is 13.4. The van der Waals surface area contributed by atoms with Gasteiger partial charge in [0.1, 0.15) is 0 Å². The second-order valence-electron chi connectivity index (χ2n) is 5.91. The Balaban J connectivity index is 1.86. The highest BCUT2D eigenvalue weighted by molar-refractivity contribution is 5.45. The van der Waals surface area contributed by atoms with Crippen molar-refractivity contribution in [3.05, 3.63) is 29.8 Å². The van der Waals surface area contributed by atoms with Crippen LogP contribution in [0, 0.1) is 0 Å². The topological polar surface area (TPSA) is 33.3 Å². The van der Waals surface area contributed by atoms with Crippen molar-refractivity contribution in [1.82, 2.24) is 5.32 Å². The number of morpholine rings is 1. The quantitative estimate of drug-likeness (QED) is 0.861. The molecule has 0 aromatic heterocycles. The van der Waals surface area contributed by atoms with Crippen LogP contribution in [0.2, 0.25) is 0 Å². The zero-order chi connectivity index (χ0) is 13.0. The zero-order valence-corrected chi connectivity index (χ0v) is 11.6. The van der Waals surface area contributed by atoms with E-state index in [-0.39, 0.29) is 11.5 Å². The van der Waals surface area contributed by atoms with E-state index in [0.717, 1.165) is 31.9 Å². The van der Waals surface area contributed by atoms with Crippen molar-refractivity contribution in [1.29, 1.82) is 0 Å². The third kappa shape index (κ3) is 3.72. The molecule has 18 heavy (non-hydrogen) atoms. The molecule has 1 unspecified atom stereocenters. The summed E-state index contributed by atoms with van der Waals surface area (Å²) < 4.78 is 5.65. The Morgan fingerprint density at radius 2 is 2.00 bits per heavy atom. The van der Waals surface area contributed by atoms with Gasteiger partial charge in [0.2, 0.25) is 0 Å². The van der Waals surface area contributed by atoms with Gasteiger partial charge in [-0.25, -0.2) is 0 Å². The minimum absolute atomic E-state index is 0.217. The first-order valence-electron chi connectivity index (χ1n) is 6.72. The Morgan fingerprint density at radius 3 is 2.56 bits per heavy atom. The summed E-state index contributed by atoms with van der Waals surface area (Å²) in [5, 5.41) is 6.76. The molecule has 1 aliphatic rings. The summed E-state index contributed by atoms with van der Waals surface area (Å²) in [5.74, 6) is 0. The fourth-order valence-corrected chi connectivity index (χ4v) is 2.07. The van der Waals surface area contributed by atoms with Gasteiger partial charge >= 0.3 is 0 Å². The second kappa shape index (κ2) is 5.72. The van der Waals surface area contributed by atoms with Gasteiger partial charge in [0.25, 0.3) is 0 Å². The summed E-state index contributed by atoms with van der Waals surface area (Å²) in [6, 6.07) is 8.69. The molecule has 1 aliphatic heterocycles. The van der Waals surface area contributed by atoms with Crippen LogP contribution in [0.1, 0.15) is 26.3 Å². The summed E-state index contributed by atoms with van der Waals surface area (Å²) >= 11 is 0. The summed E-state index contributed by atoms with van der Waals surface area (Å²) in [4.78, 5) is 0. The van der Waals surface area contributed by atoms with Crippen molar-refractivity contribution in [3.8, 4) is 0 Å². The highest BCUT2D eigenvalue weighted by atomic mass is 16.5. The number of hydrogen-bond donors (Lipinski definition) is 2. The minimum Gasteiger partial charge on any atom is -0.382 e. The van der Waals surface area contributed by atoms with Gasteiger partial charge in [-0.1, -0.05) is 32.9 Å². The predicted molar refractivity (Wildman–Crippen MR) is 76.2 cm³/mol. The Labute approximate surface area is 110 Å². The zero-order valence-electron chi connectivity index (χ0n) is 11.6. The molecule has 1 aromatic carbocycles. The molecule has 1 fully saturated rings. The number of anilines is 1. The maximum absolute atomic E-state index is 5.65. The summed E-state index contributed by atoms with van der Waals surface area (Å²) in [6.07, 6.45) is 0.279. The van der Waals surface area contributed by atoms with Crippen LogP contribution in [0.5, 0.6) is 0 Å². The number of benzene rings is 1. The van der Waals surface area contributed by atoms with Crippen LogP contribution in [-0.4, -0.2) is 32.3 Å². The smallest absolute Gasteiger partial charge is 0.0872 e. The van der Waals surface area contributed by atoms with Crippen molar-refractivity contribution in [2.75, 3.05) is 31.6 Å². The Hall–Kier alpha value is -1.06. The number of ether oxygens (including phenoxy) is 1. The highest BCUT2D eigenvalue weighted by Gasteiger charge is 2.14.